The van der Waals surface area contributed by atoms with E-state index in [1.807, 2.05) is 60.7 Å². The second kappa shape index (κ2) is 9.14. The number of fused-ring (bicyclic) bond motifs is 1. The molecule has 0 bridgehead atoms. The normalized spacial score (nSPS) is 19.2. The summed E-state index contributed by atoms with van der Waals surface area (Å²) in [6.07, 6.45) is 1.14. The maximum absolute atomic E-state index is 13.8. The number of ether oxygens (including phenoxy) is 3. The van der Waals surface area contributed by atoms with Gasteiger partial charge in [0, 0.05) is 23.3 Å². The Bertz CT molecular complexity index is 1270. The third kappa shape index (κ3) is 3.85. The number of benzene rings is 3. The average molecular weight is 457 g/mol. The van der Waals surface area contributed by atoms with Gasteiger partial charge in [0.15, 0.2) is 17.3 Å². The topological polar surface area (TPSA) is 68.8 Å². The SMILES string of the molecule is COc1cccc([C@H]2CC(=O)C3=C(C2)Nc2ccccc2N[C@H]3c2cccc(OC)c2OC)c1. The molecule has 34 heavy (non-hydrogen) atoms. The van der Waals surface area contributed by atoms with E-state index < -0.39 is 0 Å². The molecule has 3 aromatic carbocycles. The van der Waals surface area contributed by atoms with Gasteiger partial charge in [-0.2, -0.15) is 0 Å². The Kier molecular flexibility index (Phi) is 5.88. The van der Waals surface area contributed by atoms with E-state index in [9.17, 15) is 4.79 Å². The summed E-state index contributed by atoms with van der Waals surface area (Å²) in [5.74, 6) is 2.22. The summed E-state index contributed by atoms with van der Waals surface area (Å²) in [7, 11) is 4.91. The molecule has 0 radical (unpaired) electrons. The van der Waals surface area contributed by atoms with Gasteiger partial charge in [0.25, 0.3) is 0 Å². The fourth-order valence-electron chi connectivity index (χ4n) is 5.00. The number of allylic oxidation sites excluding steroid dienone is 1. The van der Waals surface area contributed by atoms with Crippen molar-refractivity contribution in [2.75, 3.05) is 32.0 Å². The summed E-state index contributed by atoms with van der Waals surface area (Å²) in [5.41, 5.74) is 5.50. The molecule has 2 N–H and O–H groups in total. The lowest BCUT2D eigenvalue weighted by Crippen LogP contribution is -2.27. The van der Waals surface area contributed by atoms with Crippen LogP contribution in [0.4, 0.5) is 11.4 Å². The number of hydrogen-bond donors (Lipinski definition) is 2. The van der Waals surface area contributed by atoms with Crippen LogP contribution in [0.3, 0.4) is 0 Å². The predicted molar refractivity (Wildman–Crippen MR) is 133 cm³/mol. The van der Waals surface area contributed by atoms with Crippen LogP contribution in [0.1, 0.15) is 35.9 Å². The minimum atomic E-state index is -0.380. The van der Waals surface area contributed by atoms with Gasteiger partial charge in [-0.3, -0.25) is 4.79 Å². The van der Waals surface area contributed by atoms with E-state index in [1.54, 1.807) is 21.3 Å². The van der Waals surface area contributed by atoms with Gasteiger partial charge in [-0.1, -0.05) is 36.4 Å². The zero-order valence-electron chi connectivity index (χ0n) is 19.6. The van der Waals surface area contributed by atoms with Crippen LogP contribution in [-0.2, 0) is 4.79 Å². The molecule has 2 aliphatic rings. The first kappa shape index (κ1) is 21.9. The van der Waals surface area contributed by atoms with Gasteiger partial charge in [-0.15, -0.1) is 0 Å². The number of Topliss-reactive ketones (excluding diaryl/α,β-unsaturated/α-hetero) is 1. The summed E-state index contributed by atoms with van der Waals surface area (Å²) in [6, 6.07) is 21.4. The van der Waals surface area contributed by atoms with Crippen molar-refractivity contribution in [3.63, 3.8) is 0 Å². The Labute approximate surface area is 199 Å². The van der Waals surface area contributed by atoms with Crippen LogP contribution in [0.2, 0.25) is 0 Å². The molecule has 2 atom stereocenters. The first-order valence-corrected chi connectivity index (χ1v) is 11.4. The molecule has 3 aromatic rings. The first-order valence-electron chi connectivity index (χ1n) is 11.4. The maximum atomic E-state index is 13.8. The van der Waals surface area contributed by atoms with E-state index in [-0.39, 0.29) is 17.7 Å². The number of carbonyl (C=O) groups is 1. The number of para-hydroxylation sites is 3. The van der Waals surface area contributed by atoms with Gasteiger partial charge >= 0.3 is 0 Å². The largest absolute Gasteiger partial charge is 0.497 e. The minimum absolute atomic E-state index is 0.0620. The van der Waals surface area contributed by atoms with Crippen molar-refractivity contribution in [1.29, 1.82) is 0 Å². The third-order valence-corrected chi connectivity index (χ3v) is 6.62. The fourth-order valence-corrected chi connectivity index (χ4v) is 5.00. The van der Waals surface area contributed by atoms with E-state index in [4.69, 9.17) is 14.2 Å². The highest BCUT2D eigenvalue weighted by atomic mass is 16.5. The average Bonchev–Trinajstić information content (AvgIpc) is 3.05. The highest BCUT2D eigenvalue weighted by molar-refractivity contribution is 6.01. The van der Waals surface area contributed by atoms with E-state index in [1.165, 1.54) is 0 Å². The highest BCUT2D eigenvalue weighted by Crippen LogP contribution is 2.47. The summed E-state index contributed by atoms with van der Waals surface area (Å²) in [5, 5.41) is 7.19. The monoisotopic (exact) mass is 456 g/mol. The number of nitrogens with one attached hydrogen (secondary N) is 2. The van der Waals surface area contributed by atoms with E-state index in [0.717, 1.165) is 39.5 Å². The molecule has 1 aliphatic carbocycles. The maximum Gasteiger partial charge on any atom is 0.166 e. The molecule has 1 aliphatic heterocycles. The Morgan fingerprint density at radius 1 is 0.824 bits per heavy atom. The highest BCUT2D eigenvalue weighted by Gasteiger charge is 2.37. The molecule has 1 heterocycles. The van der Waals surface area contributed by atoms with Crippen molar-refractivity contribution in [3.8, 4) is 17.2 Å². The molecule has 174 valence electrons. The lowest BCUT2D eigenvalue weighted by Gasteiger charge is -2.30. The van der Waals surface area contributed by atoms with Crippen LogP contribution in [-0.4, -0.2) is 27.1 Å². The van der Waals surface area contributed by atoms with E-state index >= 15 is 0 Å². The van der Waals surface area contributed by atoms with Gasteiger partial charge in [0.05, 0.1) is 38.7 Å². The van der Waals surface area contributed by atoms with E-state index in [2.05, 4.69) is 16.7 Å². The van der Waals surface area contributed by atoms with Crippen molar-refractivity contribution in [2.24, 2.45) is 0 Å². The van der Waals surface area contributed by atoms with Crippen LogP contribution in [0, 0.1) is 0 Å². The Morgan fingerprint density at radius 3 is 2.38 bits per heavy atom. The molecule has 0 unspecified atom stereocenters. The van der Waals surface area contributed by atoms with Gasteiger partial charge in [0.1, 0.15) is 5.75 Å². The predicted octanol–water partition coefficient (Wildman–Crippen LogP) is 5.69. The second-order valence-corrected chi connectivity index (χ2v) is 8.53. The number of ketones is 1. The molecule has 6 heteroatoms. The third-order valence-electron chi connectivity index (χ3n) is 6.62. The van der Waals surface area contributed by atoms with Crippen LogP contribution in [0.5, 0.6) is 17.2 Å². The zero-order valence-corrected chi connectivity index (χ0v) is 19.6. The van der Waals surface area contributed by atoms with Crippen LogP contribution in [0.25, 0.3) is 0 Å². The minimum Gasteiger partial charge on any atom is -0.497 e. The molecule has 5 rings (SSSR count). The van der Waals surface area contributed by atoms with Crippen molar-refractivity contribution in [3.05, 3.63) is 89.1 Å². The molecule has 0 spiro atoms. The zero-order chi connectivity index (χ0) is 23.7. The lowest BCUT2D eigenvalue weighted by atomic mass is 9.78. The van der Waals surface area contributed by atoms with Gasteiger partial charge in [0.2, 0.25) is 0 Å². The van der Waals surface area contributed by atoms with E-state index in [0.29, 0.717) is 24.3 Å². The number of hydrogen-bond acceptors (Lipinski definition) is 6. The molecule has 0 amide bonds. The molecular formula is C28H28N2O4. The molecule has 0 aromatic heterocycles. The number of carbonyl (C=O) groups excluding carboxylic acids is 1. The van der Waals surface area contributed by atoms with Crippen molar-refractivity contribution < 1.29 is 19.0 Å². The summed E-state index contributed by atoms with van der Waals surface area (Å²) in [4.78, 5) is 13.8. The standard InChI is InChI=1S/C28H28N2O4/c1-32-19-9-6-8-17(14-19)18-15-23-26(24(31)16-18)27(30-22-12-5-4-11-21(22)29-23)20-10-7-13-25(33-2)28(20)34-3/h4-14,18,27,29-30H,15-16H2,1-3H3/t18-,27+/m1/s1. The van der Waals surface area contributed by atoms with Gasteiger partial charge < -0.3 is 24.8 Å². The van der Waals surface area contributed by atoms with Crippen molar-refractivity contribution >= 4 is 17.2 Å². The molecular weight excluding hydrogens is 428 g/mol. The van der Waals surface area contributed by atoms with Crippen LogP contribution in [0.15, 0.2) is 78.0 Å². The van der Waals surface area contributed by atoms with Crippen molar-refractivity contribution in [1.82, 2.24) is 0 Å². The summed E-state index contributed by atoms with van der Waals surface area (Å²) in [6.45, 7) is 0. The molecule has 6 nitrogen and oxygen atoms in total. The second-order valence-electron chi connectivity index (χ2n) is 8.53. The summed E-state index contributed by atoms with van der Waals surface area (Å²) < 4.78 is 16.7. The Hall–Kier alpha value is -3.93. The van der Waals surface area contributed by atoms with Crippen molar-refractivity contribution in [2.45, 2.75) is 24.8 Å². The number of rotatable bonds is 5. The van der Waals surface area contributed by atoms with Crippen LogP contribution < -0.4 is 24.8 Å². The Balaban J connectivity index is 1.64. The molecule has 0 saturated carbocycles. The summed E-state index contributed by atoms with van der Waals surface area (Å²) >= 11 is 0. The van der Waals surface area contributed by atoms with Crippen LogP contribution >= 0.6 is 0 Å². The van der Waals surface area contributed by atoms with Gasteiger partial charge in [-0.25, -0.2) is 0 Å². The Morgan fingerprint density at radius 2 is 1.62 bits per heavy atom. The number of anilines is 2. The smallest absolute Gasteiger partial charge is 0.166 e. The molecule has 0 fully saturated rings. The van der Waals surface area contributed by atoms with Gasteiger partial charge in [-0.05, 0) is 48.2 Å². The first-order chi connectivity index (χ1) is 16.6. The lowest BCUT2D eigenvalue weighted by molar-refractivity contribution is -0.116. The number of methoxy groups -OCH3 is 3. The molecule has 0 saturated heterocycles. The fraction of sp³-hybridized carbons (Fsp3) is 0.250. The quantitative estimate of drug-likeness (QED) is 0.514.